The van der Waals surface area contributed by atoms with E-state index in [0.29, 0.717) is 6.42 Å². The Bertz CT molecular complexity index is 771. The largest absolute Gasteiger partial charge is 0.481 e. The lowest BCUT2D eigenvalue weighted by Crippen LogP contribution is -2.57. The lowest BCUT2D eigenvalue weighted by atomic mass is 10.0. The third-order valence-corrected chi connectivity index (χ3v) is 5.38. The molecule has 1 heterocycles. The number of nitrogens with zero attached hydrogens (tertiary/aromatic N) is 1. The molecule has 0 aromatic carbocycles. The monoisotopic (exact) mass is 472 g/mol. The second kappa shape index (κ2) is 12.7. The van der Waals surface area contributed by atoms with Crippen molar-refractivity contribution in [1.82, 2.24) is 15.5 Å². The zero-order valence-electron chi connectivity index (χ0n) is 18.7. The summed E-state index contributed by atoms with van der Waals surface area (Å²) in [5.41, 5.74) is 5.81. The van der Waals surface area contributed by atoms with Gasteiger partial charge < -0.3 is 36.6 Å². The van der Waals surface area contributed by atoms with Crippen LogP contribution in [0.4, 0.5) is 0 Å². The van der Waals surface area contributed by atoms with Crippen LogP contribution in [0, 0.1) is 5.92 Å². The van der Waals surface area contributed by atoms with Crippen molar-refractivity contribution in [2.75, 3.05) is 6.54 Å². The third-order valence-electron chi connectivity index (χ3n) is 5.38. The van der Waals surface area contributed by atoms with E-state index in [2.05, 4.69) is 10.6 Å². The molecule has 13 heteroatoms. The number of carboxylic acids is 3. The smallest absolute Gasteiger partial charge is 0.326 e. The average Bonchev–Trinajstić information content (AvgIpc) is 3.22. The number of nitrogens with two attached hydrogens (primary N) is 1. The minimum absolute atomic E-state index is 0.152. The van der Waals surface area contributed by atoms with Gasteiger partial charge in [-0.25, -0.2) is 4.79 Å². The molecule has 4 atom stereocenters. The second-order valence-electron chi connectivity index (χ2n) is 8.28. The molecule has 1 aliphatic heterocycles. The number of hydrogen-bond donors (Lipinski definition) is 6. The van der Waals surface area contributed by atoms with Crippen molar-refractivity contribution in [3.63, 3.8) is 0 Å². The fourth-order valence-electron chi connectivity index (χ4n) is 3.39. The molecule has 1 rings (SSSR count). The van der Waals surface area contributed by atoms with Crippen LogP contribution in [0.15, 0.2) is 0 Å². The summed E-state index contributed by atoms with van der Waals surface area (Å²) in [4.78, 5) is 72.5. The molecule has 33 heavy (non-hydrogen) atoms. The fourth-order valence-corrected chi connectivity index (χ4v) is 3.39. The summed E-state index contributed by atoms with van der Waals surface area (Å²) in [6.45, 7) is 3.57. The number of carboxylic acid groups (broad SMARTS) is 3. The predicted octanol–water partition coefficient (Wildman–Crippen LogP) is -1.26. The number of likely N-dealkylation sites (tertiary alicyclic amines) is 1. The highest BCUT2D eigenvalue weighted by molar-refractivity contribution is 5.94. The Hall–Kier alpha value is -3.22. The summed E-state index contributed by atoms with van der Waals surface area (Å²) >= 11 is 0. The molecule has 0 radical (unpaired) electrons. The first-order valence-corrected chi connectivity index (χ1v) is 10.7. The first-order valence-electron chi connectivity index (χ1n) is 10.7. The van der Waals surface area contributed by atoms with E-state index in [1.165, 1.54) is 4.90 Å². The standard InChI is InChI=1S/C20H32N4O9/c1-10(2)16(21)18(30)22-11(5-7-14(25)26)19(31)24-9-3-4-13(24)17(29)23-12(20(32)33)6-8-15(27)28/h10-13,16H,3-9,21H2,1-2H3,(H,22,30)(H,23,29)(H,25,26)(H,27,28)(H,32,33). The first kappa shape index (κ1) is 27.8. The molecule has 1 fully saturated rings. The summed E-state index contributed by atoms with van der Waals surface area (Å²) in [5.74, 6) is -6.09. The molecular formula is C20H32N4O9. The second-order valence-corrected chi connectivity index (χ2v) is 8.28. The molecule has 3 amide bonds. The van der Waals surface area contributed by atoms with Crippen LogP contribution in [0.25, 0.3) is 0 Å². The van der Waals surface area contributed by atoms with E-state index in [1.807, 2.05) is 0 Å². The number of carbonyl (C=O) groups is 6. The molecule has 0 spiro atoms. The van der Waals surface area contributed by atoms with Crippen molar-refractivity contribution in [1.29, 1.82) is 0 Å². The van der Waals surface area contributed by atoms with Gasteiger partial charge in [-0.1, -0.05) is 13.8 Å². The molecule has 0 aromatic rings. The molecule has 7 N–H and O–H groups in total. The van der Waals surface area contributed by atoms with Crippen molar-refractivity contribution >= 4 is 35.6 Å². The van der Waals surface area contributed by atoms with Crippen molar-refractivity contribution in [3.8, 4) is 0 Å². The highest BCUT2D eigenvalue weighted by Gasteiger charge is 2.39. The van der Waals surface area contributed by atoms with Crippen molar-refractivity contribution in [2.45, 2.75) is 76.5 Å². The van der Waals surface area contributed by atoms with Crippen molar-refractivity contribution in [3.05, 3.63) is 0 Å². The maximum absolute atomic E-state index is 13.1. The minimum atomic E-state index is -1.45. The third kappa shape index (κ3) is 8.67. The van der Waals surface area contributed by atoms with E-state index in [0.717, 1.165) is 0 Å². The van der Waals surface area contributed by atoms with Crippen LogP contribution < -0.4 is 16.4 Å². The molecule has 4 unspecified atom stereocenters. The normalized spacial score (nSPS) is 18.3. The molecule has 1 aliphatic rings. The Morgan fingerprint density at radius 2 is 1.48 bits per heavy atom. The van der Waals surface area contributed by atoms with Gasteiger partial charge in [0, 0.05) is 19.4 Å². The summed E-state index contributed by atoms with van der Waals surface area (Å²) in [6, 6.07) is -4.63. The van der Waals surface area contributed by atoms with E-state index >= 15 is 0 Å². The lowest BCUT2D eigenvalue weighted by Gasteiger charge is -2.30. The molecule has 0 bridgehead atoms. The Morgan fingerprint density at radius 1 is 0.939 bits per heavy atom. The number of amides is 3. The van der Waals surface area contributed by atoms with Crippen LogP contribution in [0.5, 0.6) is 0 Å². The van der Waals surface area contributed by atoms with Crippen LogP contribution >= 0.6 is 0 Å². The maximum atomic E-state index is 13.1. The summed E-state index contributed by atoms with van der Waals surface area (Å²) in [5, 5.41) is 31.7. The van der Waals surface area contributed by atoms with Crippen LogP contribution in [0.2, 0.25) is 0 Å². The van der Waals surface area contributed by atoms with Gasteiger partial charge in [-0.15, -0.1) is 0 Å². The van der Waals surface area contributed by atoms with Gasteiger partial charge in [-0.05, 0) is 31.6 Å². The van der Waals surface area contributed by atoms with E-state index in [9.17, 15) is 33.9 Å². The zero-order chi connectivity index (χ0) is 25.3. The average molecular weight is 472 g/mol. The summed E-state index contributed by atoms with van der Waals surface area (Å²) in [6.07, 6.45) is -0.762. The zero-order valence-corrected chi connectivity index (χ0v) is 18.7. The quantitative estimate of drug-likeness (QED) is 0.187. The Morgan fingerprint density at radius 3 is 1.97 bits per heavy atom. The molecule has 0 aliphatic carbocycles. The molecule has 0 saturated carbocycles. The van der Waals surface area contributed by atoms with Crippen LogP contribution in [0.3, 0.4) is 0 Å². The van der Waals surface area contributed by atoms with Gasteiger partial charge in [0.2, 0.25) is 17.7 Å². The summed E-state index contributed by atoms with van der Waals surface area (Å²) in [7, 11) is 0. The van der Waals surface area contributed by atoms with Gasteiger partial charge in [-0.3, -0.25) is 24.0 Å². The summed E-state index contributed by atoms with van der Waals surface area (Å²) < 4.78 is 0. The lowest BCUT2D eigenvalue weighted by molar-refractivity contribution is -0.145. The minimum Gasteiger partial charge on any atom is -0.481 e. The maximum Gasteiger partial charge on any atom is 0.326 e. The Labute approximate surface area is 190 Å². The first-order chi connectivity index (χ1) is 15.3. The number of aliphatic carboxylic acids is 3. The predicted molar refractivity (Wildman–Crippen MR) is 113 cm³/mol. The fraction of sp³-hybridized carbons (Fsp3) is 0.700. The number of hydrogen-bond acceptors (Lipinski definition) is 7. The van der Waals surface area contributed by atoms with Gasteiger partial charge in [0.05, 0.1) is 6.04 Å². The van der Waals surface area contributed by atoms with Crippen molar-refractivity contribution < 1.29 is 44.1 Å². The highest BCUT2D eigenvalue weighted by atomic mass is 16.4. The van der Waals surface area contributed by atoms with Gasteiger partial charge in [-0.2, -0.15) is 0 Å². The Kier molecular flexibility index (Phi) is 10.7. The van der Waals surface area contributed by atoms with Gasteiger partial charge in [0.25, 0.3) is 0 Å². The van der Waals surface area contributed by atoms with E-state index < -0.39 is 72.6 Å². The van der Waals surface area contributed by atoms with Gasteiger partial charge in [0.1, 0.15) is 18.1 Å². The number of carbonyl (C=O) groups excluding carboxylic acids is 3. The number of rotatable bonds is 13. The molecule has 186 valence electrons. The topological polar surface area (TPSA) is 216 Å². The molecule has 13 nitrogen and oxygen atoms in total. The number of nitrogens with one attached hydrogen (secondary N) is 2. The van der Waals surface area contributed by atoms with Gasteiger partial charge >= 0.3 is 17.9 Å². The van der Waals surface area contributed by atoms with Gasteiger partial charge in [0.15, 0.2) is 0 Å². The van der Waals surface area contributed by atoms with E-state index in [1.54, 1.807) is 13.8 Å². The molecule has 0 aromatic heterocycles. The van der Waals surface area contributed by atoms with Crippen LogP contribution in [-0.2, 0) is 28.8 Å². The highest BCUT2D eigenvalue weighted by Crippen LogP contribution is 2.20. The molecular weight excluding hydrogens is 440 g/mol. The SMILES string of the molecule is CC(C)C(N)C(=O)NC(CCC(=O)O)C(=O)N1CCCC1C(=O)NC(CCC(=O)O)C(=O)O. The van der Waals surface area contributed by atoms with Crippen LogP contribution in [0.1, 0.15) is 52.4 Å². The van der Waals surface area contributed by atoms with E-state index in [4.69, 9.17) is 15.9 Å². The Balaban J connectivity index is 2.97. The van der Waals surface area contributed by atoms with Crippen molar-refractivity contribution in [2.24, 2.45) is 11.7 Å². The van der Waals surface area contributed by atoms with Crippen LogP contribution in [-0.4, -0.2) is 86.6 Å². The van der Waals surface area contributed by atoms with E-state index in [-0.39, 0.29) is 31.7 Å². The molecule has 1 saturated heterocycles.